The number of nitrogens with zero attached hydrogens (tertiary/aromatic N) is 2. The van der Waals surface area contributed by atoms with Gasteiger partial charge in [0.15, 0.2) is 0 Å². The second kappa shape index (κ2) is 6.92. The normalized spacial score (nSPS) is 28.5. The number of carbonyl (C=O) groups excluding carboxylic acids is 1. The summed E-state index contributed by atoms with van der Waals surface area (Å²) >= 11 is 4.71. The van der Waals surface area contributed by atoms with Crippen LogP contribution in [0.3, 0.4) is 0 Å². The van der Waals surface area contributed by atoms with Crippen molar-refractivity contribution in [2.45, 2.75) is 45.6 Å². The molecule has 0 N–H and O–H groups in total. The highest BCUT2D eigenvalue weighted by molar-refractivity contribution is 7.78. The number of hydrogen-bond donors (Lipinski definition) is 0. The molecule has 0 radical (unpaired) electrons. The maximum absolute atomic E-state index is 11.2. The van der Waals surface area contributed by atoms with Gasteiger partial charge in [-0.2, -0.15) is 4.99 Å². The molecule has 1 saturated carbocycles. The number of carbonyl (C=O) groups is 1. The summed E-state index contributed by atoms with van der Waals surface area (Å²) in [5.41, 5.74) is 1.95. The molecule has 5 heteroatoms. The summed E-state index contributed by atoms with van der Waals surface area (Å²) in [4.78, 5) is 19.4. The molecule has 1 fully saturated rings. The van der Waals surface area contributed by atoms with E-state index in [0.717, 1.165) is 24.1 Å². The first kappa shape index (κ1) is 15.8. The van der Waals surface area contributed by atoms with E-state index in [2.05, 4.69) is 29.0 Å². The number of esters is 1. The number of pyridine rings is 1. The lowest BCUT2D eigenvalue weighted by molar-refractivity contribution is -0.154. The Morgan fingerprint density at radius 1 is 1.43 bits per heavy atom. The first-order valence-electron chi connectivity index (χ1n) is 7.22. The summed E-state index contributed by atoms with van der Waals surface area (Å²) in [7, 11) is 0. The average molecular weight is 304 g/mol. The van der Waals surface area contributed by atoms with Gasteiger partial charge in [-0.1, -0.05) is 13.8 Å². The summed E-state index contributed by atoms with van der Waals surface area (Å²) in [6, 6.07) is 2.00. The molecule has 1 heterocycles. The molecule has 1 aromatic heterocycles. The van der Waals surface area contributed by atoms with Gasteiger partial charge in [0.2, 0.25) is 0 Å². The topological polar surface area (TPSA) is 51.5 Å². The standard InChI is InChI=1S/C16H20N2O2S/c1-10-6-13(7-11(2)16(10)20-12(3)19)14-4-5-17-8-15(14)18-9-21/h4-5,8,10-11,13,16H,6-7H2,1-3H3/t10-,11+,13?,16?. The zero-order valence-electron chi connectivity index (χ0n) is 12.6. The van der Waals surface area contributed by atoms with Gasteiger partial charge < -0.3 is 4.74 Å². The van der Waals surface area contributed by atoms with E-state index in [4.69, 9.17) is 17.0 Å². The third-order valence-corrected chi connectivity index (χ3v) is 4.27. The van der Waals surface area contributed by atoms with Crippen LogP contribution in [-0.2, 0) is 9.53 Å². The summed E-state index contributed by atoms with van der Waals surface area (Å²) < 4.78 is 5.47. The van der Waals surface area contributed by atoms with E-state index in [1.165, 1.54) is 6.92 Å². The Balaban J connectivity index is 2.21. The lowest BCUT2D eigenvalue weighted by Gasteiger charge is -2.38. The fourth-order valence-electron chi connectivity index (χ4n) is 3.39. The highest BCUT2D eigenvalue weighted by Crippen LogP contribution is 2.43. The number of aliphatic imine (C=N–C) groups is 1. The lowest BCUT2D eigenvalue weighted by atomic mass is 9.72. The minimum absolute atomic E-state index is 0.00180. The van der Waals surface area contributed by atoms with Crippen LogP contribution in [0.25, 0.3) is 0 Å². The molecule has 1 aromatic rings. The van der Waals surface area contributed by atoms with Gasteiger partial charge in [0.25, 0.3) is 0 Å². The second-order valence-corrected chi connectivity index (χ2v) is 6.02. The minimum Gasteiger partial charge on any atom is -0.462 e. The fraction of sp³-hybridized carbons (Fsp3) is 0.562. The van der Waals surface area contributed by atoms with Gasteiger partial charge in [0, 0.05) is 13.1 Å². The van der Waals surface area contributed by atoms with Crippen molar-refractivity contribution in [2.75, 3.05) is 0 Å². The van der Waals surface area contributed by atoms with E-state index in [0.29, 0.717) is 17.8 Å². The fourth-order valence-corrected chi connectivity index (χ4v) is 3.48. The quantitative estimate of drug-likeness (QED) is 0.483. The monoisotopic (exact) mass is 304 g/mol. The minimum atomic E-state index is -0.202. The van der Waals surface area contributed by atoms with Crippen LogP contribution in [0.1, 0.15) is 45.1 Å². The van der Waals surface area contributed by atoms with E-state index < -0.39 is 0 Å². The highest BCUT2D eigenvalue weighted by atomic mass is 32.1. The number of rotatable bonds is 3. The van der Waals surface area contributed by atoms with E-state index in [9.17, 15) is 4.79 Å². The molecule has 4 atom stereocenters. The maximum atomic E-state index is 11.2. The van der Waals surface area contributed by atoms with Crippen LogP contribution < -0.4 is 0 Å². The van der Waals surface area contributed by atoms with Crippen LogP contribution in [0, 0.1) is 11.8 Å². The zero-order valence-corrected chi connectivity index (χ0v) is 13.4. The van der Waals surface area contributed by atoms with E-state index in [1.54, 1.807) is 12.4 Å². The van der Waals surface area contributed by atoms with E-state index >= 15 is 0 Å². The highest BCUT2D eigenvalue weighted by Gasteiger charge is 2.36. The Hall–Kier alpha value is -1.58. The van der Waals surface area contributed by atoms with Crippen LogP contribution >= 0.6 is 12.2 Å². The van der Waals surface area contributed by atoms with Gasteiger partial charge in [-0.15, -0.1) is 0 Å². The number of isothiocyanates is 1. The maximum Gasteiger partial charge on any atom is 0.302 e. The Bertz CT molecular complexity index is 557. The predicted octanol–water partition coefficient (Wildman–Crippen LogP) is 3.90. The Morgan fingerprint density at radius 2 is 2.10 bits per heavy atom. The Kier molecular flexibility index (Phi) is 5.21. The molecule has 0 amide bonds. The van der Waals surface area contributed by atoms with Gasteiger partial charge >= 0.3 is 5.97 Å². The molecular weight excluding hydrogens is 284 g/mol. The van der Waals surface area contributed by atoms with Gasteiger partial charge in [-0.3, -0.25) is 9.78 Å². The molecule has 1 aliphatic rings. The van der Waals surface area contributed by atoms with E-state index in [-0.39, 0.29) is 12.1 Å². The largest absolute Gasteiger partial charge is 0.462 e. The second-order valence-electron chi connectivity index (χ2n) is 5.83. The van der Waals surface area contributed by atoms with Crippen molar-refractivity contribution >= 4 is 29.0 Å². The van der Waals surface area contributed by atoms with Crippen molar-refractivity contribution in [3.05, 3.63) is 24.0 Å². The van der Waals surface area contributed by atoms with Crippen LogP contribution in [-0.4, -0.2) is 22.2 Å². The van der Waals surface area contributed by atoms with Gasteiger partial charge in [-0.05, 0) is 54.4 Å². The summed E-state index contributed by atoms with van der Waals surface area (Å²) in [6.45, 7) is 5.75. The molecule has 0 spiro atoms. The molecule has 0 saturated heterocycles. The van der Waals surface area contributed by atoms with E-state index in [1.807, 2.05) is 6.07 Å². The third kappa shape index (κ3) is 3.74. The predicted molar refractivity (Wildman–Crippen MR) is 84.8 cm³/mol. The molecule has 1 aliphatic carbocycles. The van der Waals surface area contributed by atoms with Crippen LogP contribution in [0.15, 0.2) is 23.5 Å². The zero-order chi connectivity index (χ0) is 15.4. The van der Waals surface area contributed by atoms with Crippen molar-refractivity contribution in [3.8, 4) is 0 Å². The SMILES string of the molecule is CC(=O)OC1[C@H](C)CC(c2ccncc2N=C=S)C[C@@H]1C. The molecule has 4 nitrogen and oxygen atoms in total. The molecule has 0 aliphatic heterocycles. The van der Waals surface area contributed by atoms with Crippen molar-refractivity contribution < 1.29 is 9.53 Å². The van der Waals surface area contributed by atoms with Crippen molar-refractivity contribution in [1.82, 2.24) is 4.98 Å². The molecule has 0 bridgehead atoms. The van der Waals surface area contributed by atoms with Crippen LogP contribution in [0.2, 0.25) is 0 Å². The Labute approximate surface area is 130 Å². The van der Waals surface area contributed by atoms with Crippen molar-refractivity contribution in [3.63, 3.8) is 0 Å². The Morgan fingerprint density at radius 3 is 2.67 bits per heavy atom. The smallest absolute Gasteiger partial charge is 0.302 e. The van der Waals surface area contributed by atoms with Crippen molar-refractivity contribution in [1.29, 1.82) is 0 Å². The molecule has 0 aromatic carbocycles. The lowest BCUT2D eigenvalue weighted by Crippen LogP contribution is -2.37. The van der Waals surface area contributed by atoms with Crippen LogP contribution in [0.4, 0.5) is 5.69 Å². The van der Waals surface area contributed by atoms with Gasteiger partial charge in [-0.25, -0.2) is 0 Å². The third-order valence-electron chi connectivity index (χ3n) is 4.18. The number of hydrogen-bond acceptors (Lipinski definition) is 5. The molecule has 2 unspecified atom stereocenters. The molecule has 21 heavy (non-hydrogen) atoms. The van der Waals surface area contributed by atoms with Gasteiger partial charge in [0.05, 0.1) is 17.0 Å². The molecule has 112 valence electrons. The first-order valence-corrected chi connectivity index (χ1v) is 7.62. The first-order chi connectivity index (χ1) is 10.0. The van der Waals surface area contributed by atoms with Crippen molar-refractivity contribution in [2.24, 2.45) is 16.8 Å². The number of thiocarbonyl (C=S) groups is 1. The van der Waals surface area contributed by atoms with Crippen LogP contribution in [0.5, 0.6) is 0 Å². The van der Waals surface area contributed by atoms with Gasteiger partial charge in [0.1, 0.15) is 6.10 Å². The number of aromatic nitrogens is 1. The number of ether oxygens (including phenoxy) is 1. The summed E-state index contributed by atoms with van der Waals surface area (Å²) in [6.07, 6.45) is 5.43. The summed E-state index contributed by atoms with van der Waals surface area (Å²) in [5, 5.41) is 2.42. The molecule has 2 rings (SSSR count). The summed E-state index contributed by atoms with van der Waals surface area (Å²) in [5.74, 6) is 0.819. The average Bonchev–Trinajstić information content (AvgIpc) is 2.43. The molecular formula is C16H20N2O2S.